The Hall–Kier alpha value is -1.16. The van der Waals surface area contributed by atoms with E-state index in [1.165, 1.54) is 6.26 Å². The number of hydrogen-bond donors (Lipinski definition) is 1. The van der Waals surface area contributed by atoms with Crippen molar-refractivity contribution in [1.29, 1.82) is 0 Å². The Morgan fingerprint density at radius 2 is 2.55 bits per heavy atom. The zero-order chi connectivity index (χ0) is 8.10. The molecule has 1 aromatic rings. The zero-order valence-electron chi connectivity index (χ0n) is 5.99. The lowest BCUT2D eigenvalue weighted by atomic mass is 10.4. The Labute approximate surface area is 63.9 Å². The van der Waals surface area contributed by atoms with Gasteiger partial charge in [0.2, 0.25) is 0 Å². The molecule has 0 amide bonds. The first kappa shape index (κ1) is 7.94. The number of hydrogen-bond acceptors (Lipinski definition) is 4. The van der Waals surface area contributed by atoms with Gasteiger partial charge < -0.3 is 14.3 Å². The van der Waals surface area contributed by atoms with Crippen molar-refractivity contribution in [3.05, 3.63) is 17.8 Å². The Kier molecular flexibility index (Phi) is 2.80. The number of aldehydes is 1. The van der Waals surface area contributed by atoms with Crippen LogP contribution in [0.3, 0.4) is 0 Å². The van der Waals surface area contributed by atoms with Gasteiger partial charge in [0.25, 0.3) is 0 Å². The molecule has 0 fully saturated rings. The summed E-state index contributed by atoms with van der Waals surface area (Å²) in [5.41, 5.74) is 0.614. The quantitative estimate of drug-likeness (QED) is 0.619. The fraction of sp³-hybridized carbons (Fsp3) is 0.429. The van der Waals surface area contributed by atoms with Gasteiger partial charge >= 0.3 is 0 Å². The average molecular weight is 155 g/mol. The second-order valence-electron chi connectivity index (χ2n) is 2.08. The predicted molar refractivity (Wildman–Crippen MR) is 37.1 cm³/mol. The summed E-state index contributed by atoms with van der Waals surface area (Å²) in [5, 5.41) is 8.49. The van der Waals surface area contributed by atoms with E-state index in [-0.39, 0.29) is 13.0 Å². The number of carbonyl (C=O) groups excluding carboxylic acids is 1. The van der Waals surface area contributed by atoms with Gasteiger partial charge in [-0.3, -0.25) is 0 Å². The number of aromatic nitrogens is 1. The molecule has 0 saturated carbocycles. The molecular weight excluding hydrogens is 146 g/mol. The van der Waals surface area contributed by atoms with Crippen LogP contribution < -0.4 is 0 Å². The van der Waals surface area contributed by atoms with E-state index in [1.807, 2.05) is 0 Å². The van der Waals surface area contributed by atoms with Crippen molar-refractivity contribution in [3.8, 4) is 0 Å². The van der Waals surface area contributed by atoms with Gasteiger partial charge in [0, 0.05) is 12.8 Å². The largest absolute Gasteiger partial charge is 0.449 e. The minimum atomic E-state index is 0.0149. The molecule has 1 N–H and O–H groups in total. The molecule has 0 spiro atoms. The van der Waals surface area contributed by atoms with Crippen LogP contribution in [0.5, 0.6) is 0 Å². The smallest absolute Gasteiger partial charge is 0.196 e. The summed E-state index contributed by atoms with van der Waals surface area (Å²) in [6, 6.07) is 0. The Balaban J connectivity index is 2.57. The van der Waals surface area contributed by atoms with Crippen molar-refractivity contribution in [2.75, 3.05) is 6.61 Å². The molecule has 60 valence electrons. The van der Waals surface area contributed by atoms with Crippen LogP contribution in [0, 0.1) is 0 Å². The molecule has 0 atom stereocenters. The van der Waals surface area contributed by atoms with E-state index in [2.05, 4.69) is 4.98 Å². The van der Waals surface area contributed by atoms with Gasteiger partial charge in [-0.2, -0.15) is 0 Å². The molecule has 0 saturated heterocycles. The van der Waals surface area contributed by atoms with Crippen molar-refractivity contribution in [2.24, 2.45) is 0 Å². The summed E-state index contributed by atoms with van der Waals surface area (Å²) >= 11 is 0. The van der Waals surface area contributed by atoms with Gasteiger partial charge in [0.1, 0.15) is 12.5 Å². The van der Waals surface area contributed by atoms with E-state index in [9.17, 15) is 4.79 Å². The minimum absolute atomic E-state index is 0.0149. The van der Waals surface area contributed by atoms with Crippen LogP contribution in [-0.4, -0.2) is 23.0 Å². The first-order valence-corrected chi connectivity index (χ1v) is 3.34. The number of nitrogens with zero attached hydrogens (tertiary/aromatic N) is 1. The molecule has 11 heavy (non-hydrogen) atoms. The maximum absolute atomic E-state index is 10.0. The van der Waals surface area contributed by atoms with Crippen molar-refractivity contribution < 1.29 is 14.3 Å². The highest BCUT2D eigenvalue weighted by atomic mass is 16.3. The maximum Gasteiger partial charge on any atom is 0.196 e. The van der Waals surface area contributed by atoms with E-state index < -0.39 is 0 Å². The van der Waals surface area contributed by atoms with Gasteiger partial charge in [-0.25, -0.2) is 4.98 Å². The molecule has 0 aromatic carbocycles. The third-order valence-corrected chi connectivity index (χ3v) is 1.22. The average Bonchev–Trinajstić information content (AvgIpc) is 2.38. The molecule has 1 aromatic heterocycles. The molecule has 0 unspecified atom stereocenters. The van der Waals surface area contributed by atoms with Crippen LogP contribution >= 0.6 is 0 Å². The summed E-state index contributed by atoms with van der Waals surface area (Å²) in [6.07, 6.45) is 2.87. The van der Waals surface area contributed by atoms with Crippen LogP contribution in [0.15, 0.2) is 10.7 Å². The lowest BCUT2D eigenvalue weighted by molar-refractivity contribution is -0.107. The second kappa shape index (κ2) is 3.88. The van der Waals surface area contributed by atoms with Gasteiger partial charge in [0.15, 0.2) is 5.89 Å². The topological polar surface area (TPSA) is 63.3 Å². The SMILES string of the molecule is O=CCc1coc(CCO)n1. The van der Waals surface area contributed by atoms with Crippen LogP contribution in [-0.2, 0) is 17.6 Å². The molecule has 0 aliphatic rings. The second-order valence-corrected chi connectivity index (χ2v) is 2.08. The van der Waals surface area contributed by atoms with E-state index >= 15 is 0 Å². The molecule has 4 heteroatoms. The van der Waals surface area contributed by atoms with Crippen LogP contribution in [0.25, 0.3) is 0 Å². The summed E-state index contributed by atoms with van der Waals surface area (Å²) in [5.74, 6) is 0.476. The van der Waals surface area contributed by atoms with E-state index in [4.69, 9.17) is 9.52 Å². The van der Waals surface area contributed by atoms with Crippen LogP contribution in [0.1, 0.15) is 11.6 Å². The van der Waals surface area contributed by atoms with Gasteiger partial charge in [-0.1, -0.05) is 0 Å². The highest BCUT2D eigenvalue weighted by molar-refractivity contribution is 5.53. The molecule has 0 aliphatic heterocycles. The first-order chi connectivity index (χ1) is 5.36. The van der Waals surface area contributed by atoms with Crippen LogP contribution in [0.4, 0.5) is 0 Å². The molecule has 4 nitrogen and oxygen atoms in total. The Bertz CT molecular complexity index is 231. The lowest BCUT2D eigenvalue weighted by Crippen LogP contribution is -1.91. The molecule has 0 aliphatic carbocycles. The summed E-state index contributed by atoms with van der Waals surface area (Å²) in [6.45, 7) is 0.0149. The Morgan fingerprint density at radius 1 is 1.73 bits per heavy atom. The third kappa shape index (κ3) is 2.16. The van der Waals surface area contributed by atoms with Crippen molar-refractivity contribution in [1.82, 2.24) is 4.98 Å². The highest BCUT2D eigenvalue weighted by Gasteiger charge is 2.01. The van der Waals surface area contributed by atoms with Crippen molar-refractivity contribution >= 4 is 6.29 Å². The lowest BCUT2D eigenvalue weighted by Gasteiger charge is -1.85. The monoisotopic (exact) mass is 155 g/mol. The fourth-order valence-corrected chi connectivity index (χ4v) is 0.739. The predicted octanol–water partition coefficient (Wildman–Crippen LogP) is -0.0492. The summed E-state index contributed by atoms with van der Waals surface area (Å²) < 4.78 is 4.93. The third-order valence-electron chi connectivity index (χ3n) is 1.22. The number of rotatable bonds is 4. The molecule has 0 bridgehead atoms. The number of oxazole rings is 1. The standard InChI is InChI=1S/C7H9NO3/c9-3-1-6-5-11-7(8-6)2-4-10/h3,5,10H,1-2,4H2. The van der Waals surface area contributed by atoms with E-state index in [1.54, 1.807) is 0 Å². The Morgan fingerprint density at radius 3 is 3.18 bits per heavy atom. The maximum atomic E-state index is 10.0. The minimum Gasteiger partial charge on any atom is -0.449 e. The molecule has 1 rings (SSSR count). The molecule has 0 radical (unpaired) electrons. The van der Waals surface area contributed by atoms with Crippen molar-refractivity contribution in [3.63, 3.8) is 0 Å². The van der Waals surface area contributed by atoms with Gasteiger partial charge in [-0.05, 0) is 0 Å². The fourth-order valence-electron chi connectivity index (χ4n) is 0.739. The van der Waals surface area contributed by atoms with Gasteiger partial charge in [0.05, 0.1) is 12.3 Å². The molecule has 1 heterocycles. The number of carbonyl (C=O) groups is 1. The normalized spacial score (nSPS) is 9.91. The highest BCUT2D eigenvalue weighted by Crippen LogP contribution is 2.01. The summed E-state index contributed by atoms with van der Waals surface area (Å²) in [4.78, 5) is 13.9. The number of aliphatic hydroxyl groups excluding tert-OH is 1. The van der Waals surface area contributed by atoms with Crippen molar-refractivity contribution in [2.45, 2.75) is 12.8 Å². The summed E-state index contributed by atoms with van der Waals surface area (Å²) in [7, 11) is 0. The zero-order valence-corrected chi connectivity index (χ0v) is 5.99. The first-order valence-electron chi connectivity index (χ1n) is 3.34. The number of aliphatic hydroxyl groups is 1. The van der Waals surface area contributed by atoms with E-state index in [0.717, 1.165) is 6.29 Å². The van der Waals surface area contributed by atoms with Crippen LogP contribution in [0.2, 0.25) is 0 Å². The molecular formula is C7H9NO3. The van der Waals surface area contributed by atoms with E-state index in [0.29, 0.717) is 18.0 Å². The van der Waals surface area contributed by atoms with Gasteiger partial charge in [-0.15, -0.1) is 0 Å².